The summed E-state index contributed by atoms with van der Waals surface area (Å²) >= 11 is 0. The molecular weight excluding hydrogens is 278 g/mol. The molecule has 0 saturated carbocycles. The standard InChI is InChI=1S/C18H25NO3/c20-18(15-22-17-10-4-2-1-3-5-11-17)19-12-13-21-14-16-8-6-7-9-16/h6-8,17H,1-4,9-10,12-15H2,(H,19,20). The van der Waals surface area contributed by atoms with Crippen LogP contribution in [0, 0.1) is 11.8 Å². The average Bonchev–Trinajstić information content (AvgIpc) is 2.99. The van der Waals surface area contributed by atoms with E-state index in [0.29, 0.717) is 19.8 Å². The van der Waals surface area contributed by atoms with Crippen LogP contribution in [0.3, 0.4) is 0 Å². The lowest BCUT2D eigenvalue weighted by molar-refractivity contribution is -0.127. The van der Waals surface area contributed by atoms with Gasteiger partial charge in [-0.1, -0.05) is 30.6 Å². The molecule has 0 spiro atoms. The van der Waals surface area contributed by atoms with Gasteiger partial charge in [-0.3, -0.25) is 4.79 Å². The molecule has 0 bridgehead atoms. The Kier molecular flexibility index (Phi) is 7.79. The molecule has 1 amide bonds. The van der Waals surface area contributed by atoms with Crippen molar-refractivity contribution in [3.05, 3.63) is 23.8 Å². The lowest BCUT2D eigenvalue weighted by atomic mass is 10.1. The summed E-state index contributed by atoms with van der Waals surface area (Å²) < 4.78 is 11.1. The zero-order chi connectivity index (χ0) is 15.5. The quantitative estimate of drug-likeness (QED) is 0.553. The molecule has 0 radical (unpaired) electrons. The van der Waals surface area contributed by atoms with E-state index in [1.165, 1.54) is 18.4 Å². The summed E-state index contributed by atoms with van der Waals surface area (Å²) in [4.78, 5) is 11.7. The summed E-state index contributed by atoms with van der Waals surface area (Å²) in [6.45, 7) is 1.75. The first-order valence-electron chi connectivity index (χ1n) is 8.13. The van der Waals surface area contributed by atoms with E-state index in [4.69, 9.17) is 9.47 Å². The molecule has 0 aromatic carbocycles. The summed E-state index contributed by atoms with van der Waals surface area (Å²) in [6.07, 6.45) is 12.5. The number of hydrogen-bond acceptors (Lipinski definition) is 3. The lowest BCUT2D eigenvalue weighted by Gasteiger charge is -2.13. The van der Waals surface area contributed by atoms with E-state index in [9.17, 15) is 4.79 Å². The van der Waals surface area contributed by atoms with Gasteiger partial charge in [-0.05, 0) is 31.3 Å². The van der Waals surface area contributed by atoms with E-state index >= 15 is 0 Å². The predicted octanol–water partition coefficient (Wildman–Crippen LogP) is 2.36. The number of carbonyl (C=O) groups is 1. The topological polar surface area (TPSA) is 47.6 Å². The number of nitrogens with one attached hydrogen (secondary N) is 1. The van der Waals surface area contributed by atoms with Crippen molar-refractivity contribution in [1.29, 1.82) is 0 Å². The van der Waals surface area contributed by atoms with Gasteiger partial charge < -0.3 is 14.8 Å². The molecule has 0 aromatic heterocycles. The number of amides is 1. The first-order valence-corrected chi connectivity index (χ1v) is 8.13. The Morgan fingerprint density at radius 2 is 2.32 bits per heavy atom. The third-order valence-corrected chi connectivity index (χ3v) is 3.65. The molecule has 1 N–H and O–H groups in total. The summed E-state index contributed by atoms with van der Waals surface area (Å²) in [7, 11) is 0. The molecule has 1 unspecified atom stereocenters. The van der Waals surface area contributed by atoms with Gasteiger partial charge >= 0.3 is 0 Å². The van der Waals surface area contributed by atoms with Gasteiger partial charge in [0.2, 0.25) is 5.91 Å². The van der Waals surface area contributed by atoms with Gasteiger partial charge in [0.25, 0.3) is 0 Å². The van der Waals surface area contributed by atoms with Crippen molar-refractivity contribution >= 4 is 5.91 Å². The molecule has 2 aliphatic carbocycles. The van der Waals surface area contributed by atoms with Crippen LogP contribution in [-0.4, -0.2) is 38.4 Å². The van der Waals surface area contributed by atoms with Gasteiger partial charge in [-0.2, -0.15) is 0 Å². The van der Waals surface area contributed by atoms with Gasteiger partial charge in [0.05, 0.1) is 13.2 Å². The highest BCUT2D eigenvalue weighted by molar-refractivity contribution is 5.77. The Balaban J connectivity index is 1.50. The second-order valence-electron chi connectivity index (χ2n) is 5.58. The zero-order valence-corrected chi connectivity index (χ0v) is 13.1. The fourth-order valence-electron chi connectivity index (χ4n) is 2.39. The van der Waals surface area contributed by atoms with Crippen LogP contribution in [-0.2, 0) is 14.3 Å². The van der Waals surface area contributed by atoms with Crippen molar-refractivity contribution in [2.75, 3.05) is 26.4 Å². The third kappa shape index (κ3) is 6.93. The first kappa shape index (κ1) is 16.8. The van der Waals surface area contributed by atoms with Crippen molar-refractivity contribution in [3.8, 4) is 11.8 Å². The van der Waals surface area contributed by atoms with Crippen LogP contribution in [0.25, 0.3) is 0 Å². The Hall–Kier alpha value is -1.57. The number of allylic oxidation sites excluding steroid dienone is 3. The first-order chi connectivity index (χ1) is 10.8. The minimum Gasteiger partial charge on any atom is -0.375 e. The van der Waals surface area contributed by atoms with Crippen LogP contribution < -0.4 is 5.32 Å². The minimum absolute atomic E-state index is 0.0778. The van der Waals surface area contributed by atoms with E-state index in [-0.39, 0.29) is 18.6 Å². The van der Waals surface area contributed by atoms with E-state index < -0.39 is 0 Å². The van der Waals surface area contributed by atoms with Gasteiger partial charge in [0.15, 0.2) is 0 Å². The maximum atomic E-state index is 11.7. The third-order valence-electron chi connectivity index (χ3n) is 3.65. The van der Waals surface area contributed by atoms with Crippen molar-refractivity contribution in [2.45, 2.75) is 44.6 Å². The summed E-state index contributed by atoms with van der Waals surface area (Å²) in [5.74, 6) is 6.10. The number of ether oxygens (including phenoxy) is 2. The average molecular weight is 303 g/mol. The molecule has 120 valence electrons. The fourth-order valence-corrected chi connectivity index (χ4v) is 2.39. The molecule has 2 rings (SSSR count). The van der Waals surface area contributed by atoms with Crippen molar-refractivity contribution in [3.63, 3.8) is 0 Å². The van der Waals surface area contributed by atoms with Crippen LogP contribution in [0.2, 0.25) is 0 Å². The molecular formula is C18H25NO3. The molecule has 4 heteroatoms. The molecule has 4 nitrogen and oxygen atoms in total. The smallest absolute Gasteiger partial charge is 0.246 e. The maximum Gasteiger partial charge on any atom is 0.246 e. The van der Waals surface area contributed by atoms with Gasteiger partial charge in [-0.25, -0.2) is 0 Å². The SMILES string of the molecule is O=C(COC1C#CCCCCC1)NCCOCC1=CC=CC1. The van der Waals surface area contributed by atoms with Crippen LogP contribution in [0.5, 0.6) is 0 Å². The summed E-state index contributed by atoms with van der Waals surface area (Å²) in [6, 6.07) is 0. The largest absolute Gasteiger partial charge is 0.375 e. The van der Waals surface area contributed by atoms with Gasteiger partial charge in [-0.15, -0.1) is 5.92 Å². The Morgan fingerprint density at radius 3 is 3.18 bits per heavy atom. The van der Waals surface area contributed by atoms with Crippen LogP contribution >= 0.6 is 0 Å². The molecule has 2 aliphatic rings. The summed E-state index contributed by atoms with van der Waals surface area (Å²) in [5.41, 5.74) is 1.28. The maximum absolute atomic E-state index is 11.7. The van der Waals surface area contributed by atoms with Crippen molar-refractivity contribution in [1.82, 2.24) is 5.32 Å². The molecule has 1 atom stereocenters. The predicted molar refractivity (Wildman–Crippen MR) is 86.3 cm³/mol. The minimum atomic E-state index is -0.103. The molecule has 0 aromatic rings. The highest BCUT2D eigenvalue weighted by Crippen LogP contribution is 2.11. The Bertz CT molecular complexity index is 470. The monoisotopic (exact) mass is 303 g/mol. The zero-order valence-electron chi connectivity index (χ0n) is 13.1. The van der Waals surface area contributed by atoms with E-state index in [1.54, 1.807) is 0 Å². The number of carbonyl (C=O) groups excluding carboxylic acids is 1. The van der Waals surface area contributed by atoms with Gasteiger partial charge in [0, 0.05) is 13.0 Å². The second-order valence-corrected chi connectivity index (χ2v) is 5.58. The normalized spacial score (nSPS) is 20.5. The lowest BCUT2D eigenvalue weighted by Crippen LogP contribution is -2.32. The molecule has 0 heterocycles. The fraction of sp³-hybridized carbons (Fsp3) is 0.611. The molecule has 0 aliphatic heterocycles. The Morgan fingerprint density at radius 1 is 1.36 bits per heavy atom. The highest BCUT2D eigenvalue weighted by Gasteiger charge is 2.10. The molecule has 0 fully saturated rings. The van der Waals surface area contributed by atoms with Crippen LogP contribution in [0.4, 0.5) is 0 Å². The van der Waals surface area contributed by atoms with E-state index in [1.807, 2.05) is 6.08 Å². The van der Waals surface area contributed by atoms with Crippen molar-refractivity contribution in [2.24, 2.45) is 0 Å². The van der Waals surface area contributed by atoms with Crippen molar-refractivity contribution < 1.29 is 14.3 Å². The van der Waals surface area contributed by atoms with Crippen LogP contribution in [0.15, 0.2) is 23.8 Å². The number of hydrogen-bond donors (Lipinski definition) is 1. The van der Waals surface area contributed by atoms with Gasteiger partial charge in [0.1, 0.15) is 12.7 Å². The number of rotatable bonds is 8. The van der Waals surface area contributed by atoms with E-state index in [0.717, 1.165) is 25.7 Å². The second kappa shape index (κ2) is 10.2. The molecule has 22 heavy (non-hydrogen) atoms. The molecule has 0 saturated heterocycles. The summed E-state index contributed by atoms with van der Waals surface area (Å²) in [5, 5.41) is 2.80. The Labute approximate surface area is 132 Å². The highest BCUT2D eigenvalue weighted by atomic mass is 16.5. The van der Waals surface area contributed by atoms with E-state index in [2.05, 4.69) is 29.3 Å². The van der Waals surface area contributed by atoms with Crippen LogP contribution in [0.1, 0.15) is 38.5 Å².